The summed E-state index contributed by atoms with van der Waals surface area (Å²) in [5.41, 5.74) is 0.705. The van der Waals surface area contributed by atoms with Crippen molar-refractivity contribution < 1.29 is 17.9 Å². The first kappa shape index (κ1) is 14.2. The van der Waals surface area contributed by atoms with E-state index in [2.05, 4.69) is 9.30 Å². The second-order valence-electron chi connectivity index (χ2n) is 5.84. The molecule has 0 aromatic heterocycles. The average molecular weight is 322 g/mol. The molecule has 3 aliphatic heterocycles. The van der Waals surface area contributed by atoms with Gasteiger partial charge >= 0.3 is 0 Å². The van der Waals surface area contributed by atoms with E-state index in [-0.39, 0.29) is 12.2 Å². The largest absolute Gasteiger partial charge is 0.355 e. The summed E-state index contributed by atoms with van der Waals surface area (Å²) in [6.45, 7) is 2.80. The highest BCUT2D eigenvalue weighted by atomic mass is 32.2. The number of piperidine rings is 1. The first-order valence-corrected chi connectivity index (χ1v) is 9.02. The molecule has 6 nitrogen and oxygen atoms in total. The summed E-state index contributed by atoms with van der Waals surface area (Å²) in [4.78, 5) is 2.36. The van der Waals surface area contributed by atoms with Crippen LogP contribution in [0.4, 0.5) is 0 Å². The highest BCUT2D eigenvalue weighted by Gasteiger charge is 2.36. The number of fused-ring (bicyclic) bond motifs is 1. The van der Waals surface area contributed by atoms with Gasteiger partial charge in [0.05, 0.1) is 13.2 Å². The lowest BCUT2D eigenvalue weighted by molar-refractivity contribution is -0.0949. The van der Waals surface area contributed by atoms with Crippen LogP contribution in [0.15, 0.2) is 33.6 Å². The van der Waals surface area contributed by atoms with E-state index < -0.39 is 10.0 Å². The summed E-state index contributed by atoms with van der Waals surface area (Å²) in [6.07, 6.45) is 1.84. The number of nitrogens with zero attached hydrogens (tertiary/aromatic N) is 2. The van der Waals surface area contributed by atoms with Gasteiger partial charge in [-0.05, 0) is 25.0 Å². The van der Waals surface area contributed by atoms with Crippen LogP contribution in [0.2, 0.25) is 0 Å². The molecule has 0 bridgehead atoms. The second kappa shape index (κ2) is 5.33. The van der Waals surface area contributed by atoms with Crippen molar-refractivity contribution in [1.29, 1.82) is 0 Å². The van der Waals surface area contributed by atoms with Crippen LogP contribution in [0, 0.1) is 5.92 Å². The molecule has 3 heterocycles. The van der Waals surface area contributed by atoms with Crippen LogP contribution in [0.3, 0.4) is 0 Å². The third-order valence-corrected chi connectivity index (χ3v) is 5.73. The lowest BCUT2D eigenvalue weighted by atomic mass is 9.96. The zero-order valence-corrected chi connectivity index (χ0v) is 13.0. The molecule has 1 atom stereocenters. The number of benzene rings is 1. The van der Waals surface area contributed by atoms with E-state index in [1.807, 2.05) is 12.1 Å². The van der Waals surface area contributed by atoms with Crippen molar-refractivity contribution in [2.75, 3.05) is 26.3 Å². The van der Waals surface area contributed by atoms with Crippen LogP contribution in [0.25, 0.3) is 0 Å². The van der Waals surface area contributed by atoms with Gasteiger partial charge in [-0.2, -0.15) is 8.42 Å². The molecule has 0 amide bonds. The van der Waals surface area contributed by atoms with E-state index in [0.717, 1.165) is 19.4 Å². The number of likely N-dealkylation sites (tertiary alicyclic amines) is 1. The molecule has 2 saturated heterocycles. The normalized spacial score (nSPS) is 27.7. The second-order valence-corrected chi connectivity index (χ2v) is 7.42. The Hall–Kier alpha value is -1.44. The third-order valence-electron chi connectivity index (χ3n) is 4.40. The minimum absolute atomic E-state index is 0.170. The molecular formula is C15H18N2O4S. The number of sulfonamides is 1. The van der Waals surface area contributed by atoms with Gasteiger partial charge in [-0.1, -0.05) is 12.1 Å². The number of rotatable bonds is 1. The fourth-order valence-corrected chi connectivity index (χ4v) is 4.62. The summed E-state index contributed by atoms with van der Waals surface area (Å²) in [7, 11) is -3.56. The lowest BCUT2D eigenvalue weighted by Gasteiger charge is -2.35. The number of ether oxygens (including phenoxy) is 2. The molecule has 1 unspecified atom stereocenters. The van der Waals surface area contributed by atoms with Crippen LogP contribution >= 0.6 is 0 Å². The summed E-state index contributed by atoms with van der Waals surface area (Å²) in [5, 5.41) is 0. The maximum absolute atomic E-state index is 12.2. The summed E-state index contributed by atoms with van der Waals surface area (Å²) < 4.78 is 39.6. The first-order valence-electron chi connectivity index (χ1n) is 7.58. The highest BCUT2D eigenvalue weighted by molar-refractivity contribution is 7.90. The van der Waals surface area contributed by atoms with E-state index in [9.17, 15) is 8.42 Å². The molecule has 1 aromatic carbocycles. The quantitative estimate of drug-likeness (QED) is 0.778. The zero-order chi connectivity index (χ0) is 15.2. The topological polar surface area (TPSA) is 68.2 Å². The van der Waals surface area contributed by atoms with E-state index in [0.29, 0.717) is 36.1 Å². The van der Waals surface area contributed by atoms with E-state index in [1.165, 1.54) is 0 Å². The fourth-order valence-electron chi connectivity index (χ4n) is 3.39. The highest BCUT2D eigenvalue weighted by Crippen LogP contribution is 2.31. The minimum atomic E-state index is -3.56. The van der Waals surface area contributed by atoms with E-state index in [4.69, 9.17) is 9.47 Å². The Morgan fingerprint density at radius 1 is 1.18 bits per heavy atom. The number of amidine groups is 1. The first-order chi connectivity index (χ1) is 10.6. The predicted molar refractivity (Wildman–Crippen MR) is 80.2 cm³/mol. The van der Waals surface area contributed by atoms with E-state index in [1.54, 1.807) is 12.1 Å². The van der Waals surface area contributed by atoms with Crippen LogP contribution in [-0.4, -0.2) is 51.7 Å². The van der Waals surface area contributed by atoms with Crippen molar-refractivity contribution in [3.8, 4) is 0 Å². The number of hydrogen-bond donors (Lipinski definition) is 0. The van der Waals surface area contributed by atoms with Gasteiger partial charge in [0.15, 0.2) is 12.1 Å². The summed E-state index contributed by atoms with van der Waals surface area (Å²) >= 11 is 0. The Morgan fingerprint density at radius 3 is 2.77 bits per heavy atom. The van der Waals surface area contributed by atoms with Crippen LogP contribution in [0.5, 0.6) is 0 Å². The maximum Gasteiger partial charge on any atom is 0.285 e. The van der Waals surface area contributed by atoms with Crippen molar-refractivity contribution >= 4 is 15.9 Å². The molecule has 0 aliphatic carbocycles. The third kappa shape index (κ3) is 2.33. The van der Waals surface area contributed by atoms with E-state index >= 15 is 0 Å². The van der Waals surface area contributed by atoms with Crippen molar-refractivity contribution in [2.24, 2.45) is 10.3 Å². The van der Waals surface area contributed by atoms with Crippen molar-refractivity contribution in [3.05, 3.63) is 29.8 Å². The molecule has 3 aliphatic rings. The Kier molecular flexibility index (Phi) is 3.43. The Labute approximate surface area is 129 Å². The average Bonchev–Trinajstić information content (AvgIpc) is 3.15. The lowest BCUT2D eigenvalue weighted by Crippen LogP contribution is -2.43. The van der Waals surface area contributed by atoms with Gasteiger partial charge in [0.1, 0.15) is 4.90 Å². The molecule has 4 rings (SSSR count). The molecular weight excluding hydrogens is 304 g/mol. The fraction of sp³-hybridized carbons (Fsp3) is 0.533. The SMILES string of the molecule is O=S1(=O)N=C(N2CCCC(C3OCCO3)C2)c2ccccc21. The van der Waals surface area contributed by atoms with Crippen molar-refractivity contribution in [1.82, 2.24) is 4.90 Å². The van der Waals surface area contributed by atoms with Gasteiger partial charge in [-0.15, -0.1) is 4.40 Å². The molecule has 118 valence electrons. The van der Waals surface area contributed by atoms with Crippen molar-refractivity contribution in [2.45, 2.75) is 24.0 Å². The Balaban J connectivity index is 1.62. The van der Waals surface area contributed by atoms with Crippen LogP contribution in [0.1, 0.15) is 18.4 Å². The smallest absolute Gasteiger partial charge is 0.285 e. The molecule has 22 heavy (non-hydrogen) atoms. The van der Waals surface area contributed by atoms with Gasteiger partial charge in [0, 0.05) is 24.6 Å². The minimum Gasteiger partial charge on any atom is -0.355 e. The molecule has 7 heteroatoms. The van der Waals surface area contributed by atoms with Gasteiger partial charge in [0.25, 0.3) is 10.0 Å². The molecule has 0 saturated carbocycles. The molecule has 0 radical (unpaired) electrons. The monoisotopic (exact) mass is 322 g/mol. The van der Waals surface area contributed by atoms with Gasteiger partial charge < -0.3 is 14.4 Å². The van der Waals surface area contributed by atoms with Crippen LogP contribution < -0.4 is 0 Å². The van der Waals surface area contributed by atoms with Gasteiger partial charge in [-0.25, -0.2) is 0 Å². The summed E-state index contributed by atoms with van der Waals surface area (Å²) in [5.74, 6) is 0.827. The summed E-state index contributed by atoms with van der Waals surface area (Å²) in [6, 6.07) is 7.02. The van der Waals surface area contributed by atoms with Gasteiger partial charge in [-0.3, -0.25) is 0 Å². The maximum atomic E-state index is 12.2. The number of hydrogen-bond acceptors (Lipinski definition) is 5. The predicted octanol–water partition coefficient (Wildman–Crippen LogP) is 1.22. The Morgan fingerprint density at radius 2 is 1.95 bits per heavy atom. The molecule has 2 fully saturated rings. The standard InChI is InChI=1S/C15H18N2O4S/c18-22(19)13-6-2-1-5-12(13)14(16-22)17-7-3-4-11(10-17)15-20-8-9-21-15/h1-2,5-6,11,15H,3-4,7-10H2. The Bertz CT molecular complexity index is 710. The molecule has 1 aromatic rings. The molecule has 0 N–H and O–H groups in total. The zero-order valence-electron chi connectivity index (χ0n) is 12.1. The van der Waals surface area contributed by atoms with Crippen LogP contribution in [-0.2, 0) is 19.5 Å². The van der Waals surface area contributed by atoms with Crippen molar-refractivity contribution in [3.63, 3.8) is 0 Å². The molecule has 0 spiro atoms. The van der Waals surface area contributed by atoms with Gasteiger partial charge in [0.2, 0.25) is 0 Å².